The van der Waals surface area contributed by atoms with E-state index in [-0.39, 0.29) is 0 Å². The first-order valence-electron chi connectivity index (χ1n) is 3.97. The lowest BCUT2D eigenvalue weighted by molar-refractivity contribution is -0.216. The average molecular weight is 180 g/mol. The van der Waals surface area contributed by atoms with Crippen molar-refractivity contribution >= 4 is 5.97 Å². The van der Waals surface area contributed by atoms with Gasteiger partial charge in [-0.2, -0.15) is 4.89 Å². The Kier molecular flexibility index (Phi) is 3.03. The third-order valence-corrected chi connectivity index (χ3v) is 1.76. The Morgan fingerprint density at radius 3 is 2.54 bits per heavy atom. The van der Waals surface area contributed by atoms with Gasteiger partial charge in [0.15, 0.2) is 0 Å². The smallest absolute Gasteiger partial charge is 0.293 e. The van der Waals surface area contributed by atoms with Crippen LogP contribution in [0.5, 0.6) is 0 Å². The van der Waals surface area contributed by atoms with Gasteiger partial charge in [-0.15, -0.1) is 0 Å². The highest BCUT2D eigenvalue weighted by molar-refractivity contribution is 5.90. The Hall–Kier alpha value is -1.35. The summed E-state index contributed by atoms with van der Waals surface area (Å²) in [6, 6.07) is 5.51. The first kappa shape index (κ1) is 9.74. The van der Waals surface area contributed by atoms with E-state index in [1.165, 1.54) is 7.11 Å². The number of benzene rings is 1. The summed E-state index contributed by atoms with van der Waals surface area (Å²) in [6.07, 6.45) is 0. The molecule has 0 spiro atoms. The van der Waals surface area contributed by atoms with E-state index in [1.54, 1.807) is 6.07 Å². The van der Waals surface area contributed by atoms with Gasteiger partial charge >= 0.3 is 5.97 Å². The first-order chi connectivity index (χ1) is 6.15. The van der Waals surface area contributed by atoms with Gasteiger partial charge in [-0.05, 0) is 25.5 Å². The summed E-state index contributed by atoms with van der Waals surface area (Å²) in [4.78, 5) is 19.9. The first-order valence-corrected chi connectivity index (χ1v) is 3.97. The maximum atomic E-state index is 11.2. The molecule has 1 aromatic rings. The van der Waals surface area contributed by atoms with Crippen molar-refractivity contribution in [3.8, 4) is 0 Å². The summed E-state index contributed by atoms with van der Waals surface area (Å²) in [5, 5.41) is 0. The SMILES string of the molecule is COOC(=O)c1ccc(C)cc1C. The number of carbonyl (C=O) groups excluding carboxylic acids is 1. The number of hydrogen-bond donors (Lipinski definition) is 0. The number of aryl methyl sites for hydroxylation is 2. The molecule has 0 saturated heterocycles. The second kappa shape index (κ2) is 4.05. The molecule has 0 aliphatic heterocycles. The molecule has 0 aliphatic carbocycles. The van der Waals surface area contributed by atoms with Crippen molar-refractivity contribution in [2.75, 3.05) is 7.11 Å². The fourth-order valence-electron chi connectivity index (χ4n) is 1.16. The van der Waals surface area contributed by atoms with Crippen LogP contribution in [-0.2, 0) is 9.78 Å². The zero-order chi connectivity index (χ0) is 9.84. The van der Waals surface area contributed by atoms with Gasteiger partial charge in [0.2, 0.25) is 0 Å². The summed E-state index contributed by atoms with van der Waals surface area (Å²) in [6.45, 7) is 3.83. The summed E-state index contributed by atoms with van der Waals surface area (Å²) in [5.74, 6) is -0.458. The van der Waals surface area contributed by atoms with Gasteiger partial charge in [-0.1, -0.05) is 17.7 Å². The van der Waals surface area contributed by atoms with Crippen LogP contribution in [0.25, 0.3) is 0 Å². The van der Waals surface area contributed by atoms with E-state index in [9.17, 15) is 4.79 Å². The maximum Gasteiger partial charge on any atom is 0.373 e. The molecule has 0 aliphatic rings. The van der Waals surface area contributed by atoms with E-state index in [4.69, 9.17) is 0 Å². The molecule has 0 heterocycles. The van der Waals surface area contributed by atoms with E-state index in [1.807, 2.05) is 26.0 Å². The molecule has 3 nitrogen and oxygen atoms in total. The van der Waals surface area contributed by atoms with Gasteiger partial charge < -0.3 is 0 Å². The third-order valence-electron chi connectivity index (χ3n) is 1.76. The van der Waals surface area contributed by atoms with E-state index in [0.717, 1.165) is 11.1 Å². The Morgan fingerprint density at radius 1 is 1.31 bits per heavy atom. The van der Waals surface area contributed by atoms with Crippen LogP contribution in [0.15, 0.2) is 18.2 Å². The molecule has 0 unspecified atom stereocenters. The summed E-state index contributed by atoms with van der Waals surface area (Å²) in [7, 11) is 1.31. The van der Waals surface area contributed by atoms with Crippen molar-refractivity contribution < 1.29 is 14.6 Å². The van der Waals surface area contributed by atoms with Crippen molar-refractivity contribution in [1.82, 2.24) is 0 Å². The van der Waals surface area contributed by atoms with Crippen LogP contribution in [0.2, 0.25) is 0 Å². The molecule has 0 radical (unpaired) electrons. The Bertz CT molecular complexity index is 318. The minimum atomic E-state index is -0.458. The van der Waals surface area contributed by atoms with Crippen molar-refractivity contribution in [2.24, 2.45) is 0 Å². The van der Waals surface area contributed by atoms with Gasteiger partial charge in [0, 0.05) is 0 Å². The zero-order valence-corrected chi connectivity index (χ0v) is 7.96. The molecule has 1 rings (SSSR count). The van der Waals surface area contributed by atoms with Crippen LogP contribution in [0, 0.1) is 13.8 Å². The molecule has 0 saturated carbocycles. The summed E-state index contributed by atoms with van der Waals surface area (Å²) in [5.41, 5.74) is 2.54. The lowest BCUT2D eigenvalue weighted by Crippen LogP contribution is -2.06. The lowest BCUT2D eigenvalue weighted by Gasteiger charge is -2.03. The molecule has 0 N–H and O–H groups in total. The minimum Gasteiger partial charge on any atom is -0.293 e. The molecule has 13 heavy (non-hydrogen) atoms. The Balaban J connectivity index is 2.95. The summed E-state index contributed by atoms with van der Waals surface area (Å²) >= 11 is 0. The van der Waals surface area contributed by atoms with Crippen LogP contribution in [0.3, 0.4) is 0 Å². The van der Waals surface area contributed by atoms with E-state index >= 15 is 0 Å². The molecule has 3 heteroatoms. The lowest BCUT2D eigenvalue weighted by atomic mass is 10.1. The molecular weight excluding hydrogens is 168 g/mol. The molecule has 70 valence electrons. The van der Waals surface area contributed by atoms with Crippen LogP contribution >= 0.6 is 0 Å². The van der Waals surface area contributed by atoms with Crippen molar-refractivity contribution in [1.29, 1.82) is 0 Å². The quantitative estimate of drug-likeness (QED) is 0.516. The zero-order valence-electron chi connectivity index (χ0n) is 7.96. The number of rotatable bonds is 2. The fourth-order valence-corrected chi connectivity index (χ4v) is 1.16. The highest BCUT2D eigenvalue weighted by atomic mass is 17.2. The van der Waals surface area contributed by atoms with Crippen molar-refractivity contribution in [3.05, 3.63) is 34.9 Å². The predicted octanol–water partition coefficient (Wildman–Crippen LogP) is 2.02. The van der Waals surface area contributed by atoms with E-state index in [0.29, 0.717) is 5.56 Å². The number of carbonyl (C=O) groups is 1. The van der Waals surface area contributed by atoms with E-state index in [2.05, 4.69) is 9.78 Å². The van der Waals surface area contributed by atoms with Crippen LogP contribution < -0.4 is 0 Å². The molecule has 0 aromatic heterocycles. The second-order valence-corrected chi connectivity index (χ2v) is 2.86. The number of hydrogen-bond acceptors (Lipinski definition) is 3. The standard InChI is InChI=1S/C10H12O3/c1-7-4-5-9(8(2)6-7)10(11)13-12-3/h4-6H,1-3H3. The second-order valence-electron chi connectivity index (χ2n) is 2.86. The molecular formula is C10H12O3. The normalized spacial score (nSPS) is 9.77. The fraction of sp³-hybridized carbons (Fsp3) is 0.300. The van der Waals surface area contributed by atoms with Crippen LogP contribution in [0.4, 0.5) is 0 Å². The maximum absolute atomic E-state index is 11.2. The predicted molar refractivity (Wildman–Crippen MR) is 48.3 cm³/mol. The van der Waals surface area contributed by atoms with Crippen LogP contribution in [0.1, 0.15) is 21.5 Å². The molecule has 1 aromatic carbocycles. The van der Waals surface area contributed by atoms with Crippen molar-refractivity contribution in [2.45, 2.75) is 13.8 Å². The third kappa shape index (κ3) is 2.29. The molecule has 0 bridgehead atoms. The Morgan fingerprint density at radius 2 is 2.00 bits per heavy atom. The van der Waals surface area contributed by atoms with Gasteiger partial charge in [-0.3, -0.25) is 4.89 Å². The van der Waals surface area contributed by atoms with Crippen LogP contribution in [-0.4, -0.2) is 13.1 Å². The highest BCUT2D eigenvalue weighted by Crippen LogP contribution is 2.11. The van der Waals surface area contributed by atoms with Gasteiger partial charge in [0.1, 0.15) is 0 Å². The average Bonchev–Trinajstić information content (AvgIpc) is 2.04. The molecule has 0 fully saturated rings. The highest BCUT2D eigenvalue weighted by Gasteiger charge is 2.10. The largest absolute Gasteiger partial charge is 0.373 e. The Labute approximate surface area is 77.2 Å². The summed E-state index contributed by atoms with van der Waals surface area (Å²) < 4.78 is 0. The van der Waals surface area contributed by atoms with Gasteiger partial charge in [0.05, 0.1) is 12.7 Å². The monoisotopic (exact) mass is 180 g/mol. The topological polar surface area (TPSA) is 35.5 Å². The van der Waals surface area contributed by atoms with E-state index < -0.39 is 5.97 Å². The van der Waals surface area contributed by atoms with Crippen molar-refractivity contribution in [3.63, 3.8) is 0 Å². The molecule has 0 amide bonds. The van der Waals surface area contributed by atoms with Gasteiger partial charge in [-0.25, -0.2) is 4.79 Å². The van der Waals surface area contributed by atoms with Gasteiger partial charge in [0.25, 0.3) is 0 Å². The minimum absolute atomic E-state index is 0.458. The molecule has 0 atom stereocenters.